The van der Waals surface area contributed by atoms with Crippen LogP contribution in [0, 0.1) is 10.1 Å². The lowest BCUT2D eigenvalue weighted by Gasteiger charge is -2.18. The number of benzene rings is 2. The van der Waals surface area contributed by atoms with Gasteiger partial charge in [0.15, 0.2) is 0 Å². The number of aliphatic hydroxyl groups is 1. The number of rotatable bonds is 7. The molecule has 1 N–H and O–H groups in total. The van der Waals surface area contributed by atoms with Gasteiger partial charge < -0.3 is 9.84 Å². The number of β-amino-alcohol motifs (C(OH)–C–C–N with tert-alkyl or cyclic N) is 1. The van der Waals surface area contributed by atoms with Crippen LogP contribution in [0.2, 0.25) is 0 Å². The number of amides is 2. The number of nitro benzene ring substituents is 1. The zero-order chi connectivity index (χ0) is 19.6. The van der Waals surface area contributed by atoms with E-state index in [4.69, 9.17) is 4.74 Å². The lowest BCUT2D eigenvalue weighted by atomic mass is 10.1. The molecule has 0 radical (unpaired) electrons. The molecule has 0 fully saturated rings. The first-order valence-corrected chi connectivity index (χ1v) is 8.45. The molecule has 27 heavy (non-hydrogen) atoms. The summed E-state index contributed by atoms with van der Waals surface area (Å²) >= 11 is 0. The van der Waals surface area contributed by atoms with E-state index in [2.05, 4.69) is 0 Å². The Labute approximate surface area is 155 Å². The minimum absolute atomic E-state index is 0.0301. The summed E-state index contributed by atoms with van der Waals surface area (Å²) in [6.07, 6.45) is -0.230. The van der Waals surface area contributed by atoms with Crippen LogP contribution in [0.4, 0.5) is 5.69 Å². The highest BCUT2D eigenvalue weighted by Gasteiger charge is 2.41. The maximum atomic E-state index is 12.5. The molecule has 1 aliphatic heterocycles. The van der Waals surface area contributed by atoms with Crippen LogP contribution in [0.25, 0.3) is 0 Å². The van der Waals surface area contributed by atoms with Gasteiger partial charge in [0.25, 0.3) is 17.5 Å². The Morgan fingerprint density at radius 3 is 2.48 bits per heavy atom. The van der Waals surface area contributed by atoms with E-state index in [-0.39, 0.29) is 24.3 Å². The molecule has 0 aliphatic carbocycles. The smallest absolute Gasteiger partial charge is 0.282 e. The normalized spacial score (nSPS) is 14.2. The molecule has 0 spiro atoms. The average Bonchev–Trinajstić information content (AvgIpc) is 2.91. The Bertz CT molecular complexity index is 894. The second-order valence-electron chi connectivity index (χ2n) is 6.14. The van der Waals surface area contributed by atoms with Gasteiger partial charge in [-0.05, 0) is 30.2 Å². The molecule has 0 saturated heterocycles. The Hall–Kier alpha value is -3.26. The van der Waals surface area contributed by atoms with E-state index < -0.39 is 28.5 Å². The van der Waals surface area contributed by atoms with E-state index in [0.717, 1.165) is 16.9 Å². The van der Waals surface area contributed by atoms with Gasteiger partial charge in [-0.2, -0.15) is 0 Å². The first kappa shape index (κ1) is 18.5. The molecule has 2 aromatic rings. The summed E-state index contributed by atoms with van der Waals surface area (Å²) in [6.45, 7) is 1.60. The number of aryl methyl sites for hydroxylation is 1. The fraction of sp³-hybridized carbons (Fsp3) is 0.263. The molecule has 8 heteroatoms. The molecular weight excluding hydrogens is 352 g/mol. The number of hydrogen-bond acceptors (Lipinski definition) is 6. The highest BCUT2D eigenvalue weighted by atomic mass is 16.6. The number of nitro groups is 1. The predicted molar refractivity (Wildman–Crippen MR) is 95.8 cm³/mol. The van der Waals surface area contributed by atoms with Gasteiger partial charge in [-0.15, -0.1) is 0 Å². The summed E-state index contributed by atoms with van der Waals surface area (Å²) in [7, 11) is 0. The van der Waals surface area contributed by atoms with Crippen molar-refractivity contribution in [2.75, 3.05) is 13.2 Å². The number of ether oxygens (including phenoxy) is 1. The van der Waals surface area contributed by atoms with Crippen LogP contribution in [-0.4, -0.2) is 46.0 Å². The molecule has 1 atom stereocenters. The van der Waals surface area contributed by atoms with Crippen molar-refractivity contribution in [1.82, 2.24) is 4.90 Å². The van der Waals surface area contributed by atoms with Crippen molar-refractivity contribution in [3.8, 4) is 5.75 Å². The minimum atomic E-state index is -1.13. The molecule has 1 unspecified atom stereocenters. The maximum absolute atomic E-state index is 12.5. The van der Waals surface area contributed by atoms with Crippen LogP contribution in [0.3, 0.4) is 0 Å². The lowest BCUT2D eigenvalue weighted by Crippen LogP contribution is -2.39. The van der Waals surface area contributed by atoms with Crippen molar-refractivity contribution in [2.24, 2.45) is 0 Å². The van der Waals surface area contributed by atoms with Crippen molar-refractivity contribution < 1.29 is 24.4 Å². The number of carbonyl (C=O) groups excluding carboxylic acids is 2. The maximum Gasteiger partial charge on any atom is 0.282 e. The standard InChI is InChI=1S/C19H18N2O6/c1-2-12-6-8-14(9-7-12)27-11-13(22)10-20-18(23)15-4-3-5-16(21(25)26)17(15)19(20)24/h3-9,13,22H,2,10-11H2,1H3. The van der Waals surface area contributed by atoms with Gasteiger partial charge in [-0.3, -0.25) is 24.6 Å². The molecule has 2 aromatic carbocycles. The number of nitrogens with zero attached hydrogens (tertiary/aromatic N) is 2. The topological polar surface area (TPSA) is 110 Å². The van der Waals surface area contributed by atoms with Crippen molar-refractivity contribution >= 4 is 17.5 Å². The van der Waals surface area contributed by atoms with Crippen molar-refractivity contribution in [2.45, 2.75) is 19.4 Å². The lowest BCUT2D eigenvalue weighted by molar-refractivity contribution is -0.385. The summed E-state index contributed by atoms with van der Waals surface area (Å²) < 4.78 is 5.48. The number of carbonyl (C=O) groups is 2. The second kappa shape index (κ2) is 7.55. The Kier molecular flexibility index (Phi) is 5.18. The third-order valence-electron chi connectivity index (χ3n) is 4.34. The van der Waals surface area contributed by atoms with Gasteiger partial charge in [-0.25, -0.2) is 0 Å². The van der Waals surface area contributed by atoms with Gasteiger partial charge in [0.05, 0.1) is 17.0 Å². The quantitative estimate of drug-likeness (QED) is 0.454. The summed E-state index contributed by atoms with van der Waals surface area (Å²) in [6, 6.07) is 11.3. The van der Waals surface area contributed by atoms with E-state index >= 15 is 0 Å². The van der Waals surface area contributed by atoms with E-state index in [1.54, 1.807) is 12.1 Å². The van der Waals surface area contributed by atoms with Crippen LogP contribution >= 0.6 is 0 Å². The van der Waals surface area contributed by atoms with E-state index in [1.807, 2.05) is 19.1 Å². The van der Waals surface area contributed by atoms with E-state index in [9.17, 15) is 24.8 Å². The molecule has 140 valence electrons. The van der Waals surface area contributed by atoms with Crippen LogP contribution in [0.1, 0.15) is 33.2 Å². The molecule has 0 bridgehead atoms. The van der Waals surface area contributed by atoms with E-state index in [1.165, 1.54) is 18.2 Å². The second-order valence-corrected chi connectivity index (χ2v) is 6.14. The summed E-state index contributed by atoms with van der Waals surface area (Å²) in [5.74, 6) is -0.886. The van der Waals surface area contributed by atoms with Crippen molar-refractivity contribution in [3.05, 3.63) is 69.3 Å². The molecule has 2 amide bonds. The highest BCUT2D eigenvalue weighted by Crippen LogP contribution is 2.30. The molecule has 8 nitrogen and oxygen atoms in total. The average molecular weight is 370 g/mol. The van der Waals surface area contributed by atoms with Crippen molar-refractivity contribution in [3.63, 3.8) is 0 Å². The fourth-order valence-electron chi connectivity index (χ4n) is 2.91. The number of imide groups is 1. The Balaban J connectivity index is 1.67. The van der Waals surface area contributed by atoms with Crippen LogP contribution in [0.5, 0.6) is 5.75 Å². The van der Waals surface area contributed by atoms with Crippen LogP contribution in [-0.2, 0) is 6.42 Å². The zero-order valence-electron chi connectivity index (χ0n) is 14.6. The number of hydrogen-bond donors (Lipinski definition) is 1. The molecule has 1 aliphatic rings. The highest BCUT2D eigenvalue weighted by molar-refractivity contribution is 6.23. The fourth-order valence-corrected chi connectivity index (χ4v) is 2.91. The summed E-state index contributed by atoms with van der Waals surface area (Å²) in [5.41, 5.74) is 0.457. The third-order valence-corrected chi connectivity index (χ3v) is 4.34. The van der Waals surface area contributed by atoms with Gasteiger partial charge in [0.1, 0.15) is 24.0 Å². The van der Waals surface area contributed by atoms with Gasteiger partial charge in [-0.1, -0.05) is 25.1 Å². The summed E-state index contributed by atoms with van der Waals surface area (Å²) in [4.78, 5) is 36.1. The molecule has 1 heterocycles. The molecule has 0 aromatic heterocycles. The molecule has 0 saturated carbocycles. The number of aliphatic hydroxyl groups excluding tert-OH is 1. The SMILES string of the molecule is CCc1ccc(OCC(O)CN2C(=O)c3cccc([N+](=O)[O-])c3C2=O)cc1. The Morgan fingerprint density at radius 1 is 1.15 bits per heavy atom. The summed E-state index contributed by atoms with van der Waals surface area (Å²) in [5, 5.41) is 21.3. The van der Waals surface area contributed by atoms with Gasteiger partial charge in [0, 0.05) is 6.07 Å². The largest absolute Gasteiger partial charge is 0.491 e. The Morgan fingerprint density at radius 2 is 1.85 bits per heavy atom. The minimum Gasteiger partial charge on any atom is -0.491 e. The predicted octanol–water partition coefficient (Wildman–Crippen LogP) is 2.19. The third kappa shape index (κ3) is 3.65. The van der Waals surface area contributed by atoms with Crippen molar-refractivity contribution in [1.29, 1.82) is 0 Å². The molecular formula is C19H18N2O6. The van der Waals surface area contributed by atoms with Gasteiger partial charge >= 0.3 is 0 Å². The first-order valence-electron chi connectivity index (χ1n) is 8.45. The van der Waals surface area contributed by atoms with Crippen LogP contribution < -0.4 is 4.74 Å². The zero-order valence-corrected chi connectivity index (χ0v) is 14.6. The first-order chi connectivity index (χ1) is 12.9. The monoisotopic (exact) mass is 370 g/mol. The molecule has 3 rings (SSSR count). The number of fused-ring (bicyclic) bond motifs is 1. The van der Waals surface area contributed by atoms with Crippen LogP contribution in [0.15, 0.2) is 42.5 Å². The van der Waals surface area contributed by atoms with Gasteiger partial charge in [0.2, 0.25) is 0 Å². The van der Waals surface area contributed by atoms with E-state index in [0.29, 0.717) is 5.75 Å².